The molecule has 0 N–H and O–H groups in total. The van der Waals surface area contributed by atoms with Crippen molar-refractivity contribution in [3.8, 4) is 11.4 Å². The molecule has 1 aromatic heterocycles. The minimum Gasteiger partial charge on any atom is -0.820 e. The summed E-state index contributed by atoms with van der Waals surface area (Å²) in [5.41, 5.74) is 3.86. The van der Waals surface area contributed by atoms with Crippen LogP contribution in [0.25, 0.3) is 22.4 Å². The summed E-state index contributed by atoms with van der Waals surface area (Å²) in [5.74, 6) is 0.688. The van der Waals surface area contributed by atoms with Gasteiger partial charge in [-0.25, -0.2) is 4.98 Å². The Morgan fingerprint density at radius 3 is 2.19 bits per heavy atom. The zero-order valence-electron chi connectivity index (χ0n) is 15.9. The van der Waals surface area contributed by atoms with Gasteiger partial charge < -0.3 is 14.3 Å². The van der Waals surface area contributed by atoms with Crippen molar-refractivity contribution in [1.29, 1.82) is 0 Å². The molecule has 0 bridgehead atoms. The minimum absolute atomic E-state index is 0. The van der Waals surface area contributed by atoms with Crippen molar-refractivity contribution in [3.05, 3.63) is 54.1 Å². The van der Waals surface area contributed by atoms with Crippen LogP contribution in [0.5, 0.6) is 0 Å². The van der Waals surface area contributed by atoms with E-state index in [-0.39, 0.29) is 71.3 Å². The smallest absolute Gasteiger partial charge is 0.820 e. The number of hydrogen-bond donors (Lipinski definition) is 0. The predicted molar refractivity (Wildman–Crippen MR) is 91.9 cm³/mol. The van der Waals surface area contributed by atoms with E-state index in [1.807, 2.05) is 36.4 Å². The van der Waals surface area contributed by atoms with E-state index < -0.39 is 8.60 Å². The van der Waals surface area contributed by atoms with Gasteiger partial charge in [-0.3, -0.25) is 4.57 Å². The maximum atomic E-state index is 10.8. The van der Waals surface area contributed by atoms with Crippen LogP contribution in [0.3, 0.4) is 0 Å². The number of rotatable bonds is 4. The molecule has 0 fully saturated rings. The Balaban J connectivity index is 0.00000169. The summed E-state index contributed by atoms with van der Waals surface area (Å²) in [6.45, 7) is 6.40. The van der Waals surface area contributed by atoms with Gasteiger partial charge >= 0.3 is 59.1 Å². The third-order valence-electron chi connectivity index (χ3n) is 3.96. The van der Waals surface area contributed by atoms with Crippen LogP contribution in [-0.2, 0) is 16.7 Å². The maximum absolute atomic E-state index is 10.8. The molecule has 0 aliphatic carbocycles. The van der Waals surface area contributed by atoms with Crippen LogP contribution in [0.15, 0.2) is 48.5 Å². The van der Waals surface area contributed by atoms with Gasteiger partial charge in [-0.2, -0.15) is 8.60 Å². The Labute approximate surface area is 199 Å². The van der Waals surface area contributed by atoms with Gasteiger partial charge in [0.25, 0.3) is 0 Å². The fourth-order valence-corrected chi connectivity index (χ4v) is 2.86. The largest absolute Gasteiger partial charge is 1.00 e. The van der Waals surface area contributed by atoms with E-state index in [1.165, 1.54) is 5.56 Å². The number of para-hydroxylation sites is 2. The zero-order chi connectivity index (χ0) is 17.3. The average Bonchev–Trinajstić information content (AvgIpc) is 2.91. The Morgan fingerprint density at radius 1 is 1.00 bits per heavy atom. The van der Waals surface area contributed by atoms with Crippen LogP contribution in [0.2, 0.25) is 0 Å². The molecule has 0 amide bonds. The van der Waals surface area contributed by atoms with E-state index in [2.05, 4.69) is 37.9 Å². The molecule has 0 saturated carbocycles. The van der Waals surface area contributed by atoms with Gasteiger partial charge in [-0.1, -0.05) is 57.2 Å². The monoisotopic (exact) mass is 388 g/mol. The fourth-order valence-electron chi connectivity index (χ4n) is 2.65. The molecule has 26 heavy (non-hydrogen) atoms. The SMILES string of the molecule is CC(C)(C)c1ccc(-c2nc3ccccc3n2COP([O-])[O-])cc1.[Na+].[Na+]. The Morgan fingerprint density at radius 2 is 1.62 bits per heavy atom. The summed E-state index contributed by atoms with van der Waals surface area (Å²) >= 11 is 0. The van der Waals surface area contributed by atoms with Crippen molar-refractivity contribution >= 4 is 19.6 Å². The topological polar surface area (TPSA) is 73.2 Å². The second-order valence-electron chi connectivity index (χ2n) is 6.66. The van der Waals surface area contributed by atoms with Crippen LogP contribution in [0.4, 0.5) is 0 Å². The van der Waals surface area contributed by atoms with Crippen LogP contribution in [-0.4, -0.2) is 9.55 Å². The second-order valence-corrected chi connectivity index (χ2v) is 7.37. The first-order valence-electron chi connectivity index (χ1n) is 7.70. The minimum atomic E-state index is -2.91. The number of hydrogen-bond acceptors (Lipinski definition) is 4. The van der Waals surface area contributed by atoms with Crippen molar-refractivity contribution in [3.63, 3.8) is 0 Å². The number of aromatic nitrogens is 2. The molecule has 0 radical (unpaired) electrons. The molecule has 126 valence electrons. The van der Waals surface area contributed by atoms with Crippen LogP contribution in [0, 0.1) is 0 Å². The normalized spacial score (nSPS) is 11.3. The molecule has 0 spiro atoms. The summed E-state index contributed by atoms with van der Waals surface area (Å²) < 4.78 is 6.58. The van der Waals surface area contributed by atoms with Gasteiger partial charge in [0.05, 0.1) is 11.0 Å². The summed E-state index contributed by atoms with van der Waals surface area (Å²) in [4.78, 5) is 26.3. The molecule has 3 rings (SSSR count). The standard InChI is InChI=1S/C18H19N2O3P.2Na/c1-18(2,3)14-10-8-13(9-11-14)17-19-15-6-4-5-7-16(15)20(17)12-23-24(21)22;;/h4-11H,12H2,1-3H3;;/q-2;2*+1. The summed E-state index contributed by atoms with van der Waals surface area (Å²) in [5, 5.41) is 0. The Hall–Kier alpha value is 0.220. The zero-order valence-corrected chi connectivity index (χ0v) is 20.8. The molecule has 3 aromatic rings. The summed E-state index contributed by atoms with van der Waals surface area (Å²) in [6, 6.07) is 15.8. The quantitative estimate of drug-likeness (QED) is 0.351. The van der Waals surface area contributed by atoms with E-state index in [4.69, 9.17) is 4.52 Å². The molecule has 2 aromatic carbocycles. The predicted octanol–water partition coefficient (Wildman–Crippen LogP) is -3.07. The number of benzene rings is 2. The Kier molecular flexibility index (Phi) is 9.45. The molecular weight excluding hydrogens is 369 g/mol. The van der Waals surface area contributed by atoms with Gasteiger partial charge in [0.15, 0.2) is 0 Å². The molecule has 8 heteroatoms. The van der Waals surface area contributed by atoms with Crippen molar-refractivity contribution in [2.75, 3.05) is 0 Å². The molecule has 0 aliphatic rings. The molecule has 0 saturated heterocycles. The van der Waals surface area contributed by atoms with Crippen LogP contribution < -0.4 is 68.9 Å². The second kappa shape index (κ2) is 10.1. The Bertz CT molecular complexity index is 846. The summed E-state index contributed by atoms with van der Waals surface area (Å²) in [7, 11) is -2.91. The van der Waals surface area contributed by atoms with Crippen molar-refractivity contribution in [2.24, 2.45) is 0 Å². The molecular formula is C18H19N2Na2O3P. The van der Waals surface area contributed by atoms with Gasteiger partial charge in [-0.15, -0.1) is 0 Å². The van der Waals surface area contributed by atoms with Gasteiger partial charge in [0.2, 0.25) is 0 Å². The molecule has 0 unspecified atom stereocenters. The van der Waals surface area contributed by atoms with Gasteiger partial charge in [-0.05, 0) is 23.1 Å². The number of imidazole rings is 1. The fraction of sp³-hybridized carbons (Fsp3) is 0.278. The first-order chi connectivity index (χ1) is 11.4. The van der Waals surface area contributed by atoms with E-state index in [0.717, 1.165) is 16.6 Å². The number of nitrogens with zero attached hydrogens (tertiary/aromatic N) is 2. The van der Waals surface area contributed by atoms with Crippen molar-refractivity contribution < 1.29 is 73.4 Å². The molecule has 5 nitrogen and oxygen atoms in total. The van der Waals surface area contributed by atoms with E-state index in [0.29, 0.717) is 5.82 Å². The molecule has 0 aliphatic heterocycles. The first-order valence-corrected chi connectivity index (χ1v) is 8.79. The van der Waals surface area contributed by atoms with Gasteiger partial charge in [0.1, 0.15) is 12.6 Å². The summed E-state index contributed by atoms with van der Waals surface area (Å²) in [6.07, 6.45) is 0. The third kappa shape index (κ3) is 5.62. The van der Waals surface area contributed by atoms with E-state index in [1.54, 1.807) is 4.57 Å². The average molecular weight is 388 g/mol. The first kappa shape index (κ1) is 24.3. The van der Waals surface area contributed by atoms with Crippen molar-refractivity contribution in [2.45, 2.75) is 32.9 Å². The van der Waals surface area contributed by atoms with E-state index >= 15 is 0 Å². The third-order valence-corrected chi connectivity index (χ3v) is 4.28. The maximum Gasteiger partial charge on any atom is 1.00 e. The number of fused-ring (bicyclic) bond motifs is 1. The van der Waals surface area contributed by atoms with Crippen LogP contribution in [0.1, 0.15) is 26.3 Å². The van der Waals surface area contributed by atoms with E-state index in [9.17, 15) is 9.79 Å². The van der Waals surface area contributed by atoms with Crippen LogP contribution >= 0.6 is 8.60 Å². The molecule has 1 heterocycles. The van der Waals surface area contributed by atoms with Crippen molar-refractivity contribution in [1.82, 2.24) is 9.55 Å². The van der Waals surface area contributed by atoms with Gasteiger partial charge in [0, 0.05) is 5.56 Å². The molecule has 0 atom stereocenters.